The van der Waals surface area contributed by atoms with Gasteiger partial charge < -0.3 is 10.2 Å². The smallest absolute Gasteiger partial charge is 0.304 e. The van der Waals surface area contributed by atoms with Crippen molar-refractivity contribution in [3.63, 3.8) is 0 Å². The van der Waals surface area contributed by atoms with E-state index in [1.807, 2.05) is 0 Å². The van der Waals surface area contributed by atoms with E-state index in [1.165, 1.54) is 21.6 Å². The number of aliphatic hydroxyl groups is 1. The SMILES string of the molecule is O=C(O)CCSSCCC(O)=S. The second kappa shape index (κ2) is 7.70. The summed E-state index contributed by atoms with van der Waals surface area (Å²) in [6.45, 7) is 0. The predicted molar refractivity (Wildman–Crippen MR) is 57.0 cm³/mol. The summed E-state index contributed by atoms with van der Waals surface area (Å²) < 4.78 is 0. The molecule has 0 fully saturated rings. The maximum absolute atomic E-state index is 10.1. The summed E-state index contributed by atoms with van der Waals surface area (Å²) in [4.78, 5) is 10.1. The molecule has 12 heavy (non-hydrogen) atoms. The normalized spacial score (nSPS) is 9.67. The minimum Gasteiger partial charge on any atom is -0.502 e. The van der Waals surface area contributed by atoms with Crippen molar-refractivity contribution in [2.75, 3.05) is 11.5 Å². The Morgan fingerprint density at radius 1 is 1.17 bits per heavy atom. The van der Waals surface area contributed by atoms with Crippen molar-refractivity contribution in [2.45, 2.75) is 12.8 Å². The average Bonchev–Trinajstić information content (AvgIpc) is 1.95. The van der Waals surface area contributed by atoms with Crippen LogP contribution in [0.3, 0.4) is 0 Å². The van der Waals surface area contributed by atoms with E-state index in [4.69, 9.17) is 10.2 Å². The standard InChI is InChI=1S/C6H10O3S3/c7-5(8)1-3-11-12-4-2-6(9)10/h1-4H2,(H,7,8)(H,9,10). The van der Waals surface area contributed by atoms with Crippen LogP contribution in [-0.2, 0) is 4.79 Å². The third kappa shape index (κ3) is 10.1. The van der Waals surface area contributed by atoms with Gasteiger partial charge in [0.1, 0.15) is 0 Å². The van der Waals surface area contributed by atoms with Gasteiger partial charge in [-0.15, -0.1) is 0 Å². The first-order valence-electron chi connectivity index (χ1n) is 3.31. The van der Waals surface area contributed by atoms with Gasteiger partial charge in [-0.05, 0) is 12.2 Å². The molecule has 0 aliphatic carbocycles. The van der Waals surface area contributed by atoms with Crippen LogP contribution in [0.15, 0.2) is 0 Å². The van der Waals surface area contributed by atoms with Gasteiger partial charge in [0.2, 0.25) is 0 Å². The van der Waals surface area contributed by atoms with E-state index in [2.05, 4.69) is 12.2 Å². The highest BCUT2D eigenvalue weighted by Crippen LogP contribution is 2.22. The van der Waals surface area contributed by atoms with E-state index in [9.17, 15) is 4.79 Å². The third-order valence-electron chi connectivity index (χ3n) is 0.882. The fourth-order valence-corrected chi connectivity index (χ4v) is 2.58. The Balaban J connectivity index is 3.01. The molecule has 2 N–H and O–H groups in total. The number of hydrogen-bond acceptors (Lipinski definition) is 4. The topological polar surface area (TPSA) is 57.5 Å². The fourth-order valence-electron chi connectivity index (χ4n) is 0.376. The summed E-state index contributed by atoms with van der Waals surface area (Å²) in [6, 6.07) is 0. The van der Waals surface area contributed by atoms with E-state index < -0.39 is 5.97 Å². The summed E-state index contributed by atoms with van der Waals surface area (Å²) in [6.07, 6.45) is 0.682. The van der Waals surface area contributed by atoms with Crippen molar-refractivity contribution in [3.8, 4) is 0 Å². The molecule has 0 saturated heterocycles. The minimum absolute atomic E-state index is 0.0151. The van der Waals surface area contributed by atoms with Gasteiger partial charge in [-0.1, -0.05) is 21.6 Å². The first kappa shape index (κ1) is 12.1. The van der Waals surface area contributed by atoms with Crippen molar-refractivity contribution >= 4 is 44.8 Å². The van der Waals surface area contributed by atoms with Gasteiger partial charge in [0.25, 0.3) is 0 Å². The van der Waals surface area contributed by atoms with Crippen LogP contribution in [-0.4, -0.2) is 32.7 Å². The summed E-state index contributed by atoms with van der Waals surface area (Å²) in [7, 11) is 3.02. The third-order valence-corrected chi connectivity index (χ3v) is 3.49. The molecule has 3 nitrogen and oxygen atoms in total. The highest BCUT2D eigenvalue weighted by molar-refractivity contribution is 8.76. The number of hydrogen-bond donors (Lipinski definition) is 2. The molecule has 6 heteroatoms. The molecule has 0 aliphatic heterocycles. The number of carboxylic acid groups (broad SMARTS) is 1. The molecule has 0 aromatic heterocycles. The predicted octanol–water partition coefficient (Wildman–Crippen LogP) is 2.12. The van der Waals surface area contributed by atoms with Crippen LogP contribution < -0.4 is 0 Å². The molecule has 0 aromatic carbocycles. The molecule has 0 saturated carbocycles. The molecule has 0 heterocycles. The Morgan fingerprint density at radius 3 is 2.08 bits per heavy atom. The molecular formula is C6H10O3S3. The van der Waals surface area contributed by atoms with Crippen LogP contribution in [0, 0.1) is 0 Å². The molecule has 0 atom stereocenters. The second-order valence-electron chi connectivity index (χ2n) is 1.93. The van der Waals surface area contributed by atoms with Gasteiger partial charge in [0, 0.05) is 17.9 Å². The van der Waals surface area contributed by atoms with Crippen LogP contribution in [0.4, 0.5) is 0 Å². The monoisotopic (exact) mass is 226 g/mol. The maximum atomic E-state index is 10.1. The lowest BCUT2D eigenvalue weighted by Crippen LogP contribution is -1.95. The summed E-state index contributed by atoms with van der Waals surface area (Å²) >= 11 is 4.45. The van der Waals surface area contributed by atoms with Crippen LogP contribution >= 0.6 is 33.8 Å². The van der Waals surface area contributed by atoms with Crippen molar-refractivity contribution in [3.05, 3.63) is 0 Å². The Kier molecular flexibility index (Phi) is 7.73. The van der Waals surface area contributed by atoms with Crippen molar-refractivity contribution in [2.24, 2.45) is 0 Å². The van der Waals surface area contributed by atoms with Crippen LogP contribution in [0.25, 0.3) is 0 Å². The van der Waals surface area contributed by atoms with E-state index >= 15 is 0 Å². The molecule has 0 unspecified atom stereocenters. The van der Waals surface area contributed by atoms with Gasteiger partial charge in [-0.25, -0.2) is 0 Å². The number of rotatable bonds is 7. The van der Waals surface area contributed by atoms with E-state index in [-0.39, 0.29) is 11.5 Å². The molecule has 0 spiro atoms. The summed E-state index contributed by atoms with van der Waals surface area (Å²) in [5.41, 5.74) is 0. The van der Waals surface area contributed by atoms with Crippen molar-refractivity contribution in [1.29, 1.82) is 0 Å². The van der Waals surface area contributed by atoms with Crippen molar-refractivity contribution in [1.82, 2.24) is 0 Å². The van der Waals surface area contributed by atoms with Gasteiger partial charge in [0.15, 0.2) is 5.05 Å². The zero-order valence-electron chi connectivity index (χ0n) is 6.36. The Morgan fingerprint density at radius 2 is 1.67 bits per heavy atom. The van der Waals surface area contributed by atoms with Gasteiger partial charge in [0.05, 0.1) is 6.42 Å². The minimum atomic E-state index is -0.777. The summed E-state index contributed by atoms with van der Waals surface area (Å²) in [5, 5.41) is 16.9. The number of aliphatic carboxylic acids is 1. The molecule has 0 amide bonds. The molecular weight excluding hydrogens is 216 g/mol. The summed E-state index contributed by atoms with van der Waals surface area (Å²) in [5.74, 6) is 0.554. The van der Waals surface area contributed by atoms with E-state index in [1.54, 1.807) is 0 Å². The van der Waals surface area contributed by atoms with E-state index in [0.29, 0.717) is 12.2 Å². The lowest BCUT2D eigenvalue weighted by molar-refractivity contribution is -0.136. The second-order valence-corrected chi connectivity index (χ2v) is 5.10. The Labute approximate surface area is 84.3 Å². The number of carboxylic acids is 1. The lowest BCUT2D eigenvalue weighted by atomic mass is 10.5. The zero-order valence-corrected chi connectivity index (χ0v) is 8.81. The van der Waals surface area contributed by atoms with Crippen LogP contribution in [0.1, 0.15) is 12.8 Å². The first-order valence-corrected chi connectivity index (χ1v) is 6.20. The number of carbonyl (C=O) groups is 1. The fraction of sp³-hybridized carbons (Fsp3) is 0.667. The quantitative estimate of drug-likeness (QED) is 0.394. The lowest BCUT2D eigenvalue weighted by Gasteiger charge is -1.97. The average molecular weight is 226 g/mol. The molecule has 0 radical (unpaired) electrons. The molecule has 0 aromatic rings. The number of aliphatic hydroxyl groups excluding tert-OH is 1. The first-order chi connectivity index (χ1) is 5.63. The maximum Gasteiger partial charge on any atom is 0.304 e. The van der Waals surface area contributed by atoms with E-state index in [0.717, 1.165) is 5.75 Å². The molecule has 0 rings (SSSR count). The van der Waals surface area contributed by atoms with Gasteiger partial charge in [-0.2, -0.15) is 0 Å². The molecule has 70 valence electrons. The zero-order chi connectivity index (χ0) is 9.40. The molecule has 0 bridgehead atoms. The number of thiocarbonyl (C=S) groups is 1. The highest BCUT2D eigenvalue weighted by Gasteiger charge is 1.97. The van der Waals surface area contributed by atoms with Gasteiger partial charge in [-0.3, -0.25) is 4.79 Å². The largest absolute Gasteiger partial charge is 0.502 e. The molecule has 0 aliphatic rings. The Bertz CT molecular complexity index is 142. The Hall–Kier alpha value is 0.0600. The van der Waals surface area contributed by atoms with Crippen molar-refractivity contribution < 1.29 is 15.0 Å². The van der Waals surface area contributed by atoms with Crippen LogP contribution in [0.2, 0.25) is 0 Å². The van der Waals surface area contributed by atoms with Gasteiger partial charge >= 0.3 is 5.97 Å². The van der Waals surface area contributed by atoms with Crippen LogP contribution in [0.5, 0.6) is 0 Å². The highest BCUT2D eigenvalue weighted by atomic mass is 33.1.